The second kappa shape index (κ2) is 7.63. The molecule has 0 aromatic heterocycles. The zero-order valence-electron chi connectivity index (χ0n) is 15.4. The van der Waals surface area contributed by atoms with Crippen molar-refractivity contribution in [1.29, 1.82) is 0 Å². The van der Waals surface area contributed by atoms with Gasteiger partial charge >= 0.3 is 0 Å². The van der Waals surface area contributed by atoms with E-state index in [1.807, 2.05) is 0 Å². The first-order valence-corrected chi connectivity index (χ1v) is 11.6. The second-order valence-electron chi connectivity index (χ2n) is 6.56. The molecule has 10 heteroatoms. The summed E-state index contributed by atoms with van der Waals surface area (Å²) in [4.78, 5) is 12.6. The smallest absolute Gasteiger partial charge is 0.255 e. The van der Waals surface area contributed by atoms with Crippen LogP contribution in [-0.2, 0) is 20.0 Å². The average Bonchev–Trinajstić information content (AvgIpc) is 3.45. The number of sulfonamides is 2. The van der Waals surface area contributed by atoms with Crippen LogP contribution in [0.15, 0.2) is 52.3 Å². The van der Waals surface area contributed by atoms with Gasteiger partial charge < -0.3 is 5.32 Å². The summed E-state index contributed by atoms with van der Waals surface area (Å²) in [6, 6.07) is 10.1. The third-order valence-corrected chi connectivity index (χ3v) is 7.43. The molecule has 0 aliphatic heterocycles. The van der Waals surface area contributed by atoms with Gasteiger partial charge in [-0.25, -0.2) is 26.3 Å². The van der Waals surface area contributed by atoms with Crippen LogP contribution in [0.5, 0.6) is 0 Å². The van der Waals surface area contributed by atoms with E-state index in [1.165, 1.54) is 43.4 Å². The lowest BCUT2D eigenvalue weighted by Gasteiger charge is -2.10. The van der Waals surface area contributed by atoms with Crippen LogP contribution in [-0.4, -0.2) is 35.8 Å². The largest absolute Gasteiger partial charge is 0.322 e. The molecule has 1 saturated carbocycles. The van der Waals surface area contributed by atoms with Gasteiger partial charge in [0.1, 0.15) is 0 Å². The topological polar surface area (TPSA) is 121 Å². The third kappa shape index (κ3) is 4.58. The number of hydrogen-bond acceptors (Lipinski definition) is 5. The summed E-state index contributed by atoms with van der Waals surface area (Å²) in [7, 11) is -5.82. The maximum atomic E-state index is 12.4. The highest BCUT2D eigenvalue weighted by Crippen LogP contribution is 2.23. The van der Waals surface area contributed by atoms with Gasteiger partial charge in [0.15, 0.2) is 0 Å². The summed E-state index contributed by atoms with van der Waals surface area (Å²) < 4.78 is 53.0. The van der Waals surface area contributed by atoms with Crippen molar-refractivity contribution in [1.82, 2.24) is 9.44 Å². The van der Waals surface area contributed by atoms with Crippen LogP contribution >= 0.6 is 0 Å². The predicted octanol–water partition coefficient (Wildman–Crippen LogP) is 1.60. The van der Waals surface area contributed by atoms with Gasteiger partial charge in [0.2, 0.25) is 20.0 Å². The summed E-state index contributed by atoms with van der Waals surface area (Å²) in [6.45, 7) is 1.63. The summed E-state index contributed by atoms with van der Waals surface area (Å²) in [5.41, 5.74) is 1.21. The SMILES string of the molecule is CNS(=O)(=O)c1ccc(NC(=O)c2ccc(S(=O)(=O)NC3CC3)cc2)cc1C. The van der Waals surface area contributed by atoms with Gasteiger partial charge in [-0.1, -0.05) is 0 Å². The molecule has 28 heavy (non-hydrogen) atoms. The van der Waals surface area contributed by atoms with Gasteiger partial charge in [-0.05, 0) is 74.8 Å². The number of rotatable bonds is 7. The van der Waals surface area contributed by atoms with Crippen LogP contribution < -0.4 is 14.8 Å². The lowest BCUT2D eigenvalue weighted by molar-refractivity contribution is 0.102. The average molecular weight is 424 g/mol. The number of hydrogen-bond donors (Lipinski definition) is 3. The Morgan fingerprint density at radius 2 is 1.61 bits per heavy atom. The van der Waals surface area contributed by atoms with Gasteiger partial charge in [-0.2, -0.15) is 0 Å². The van der Waals surface area contributed by atoms with E-state index in [-0.39, 0.29) is 21.4 Å². The minimum absolute atomic E-state index is 0.00547. The maximum Gasteiger partial charge on any atom is 0.255 e. The van der Waals surface area contributed by atoms with Crippen LogP contribution in [0.3, 0.4) is 0 Å². The number of carbonyl (C=O) groups excluding carboxylic acids is 1. The molecule has 0 atom stereocenters. The van der Waals surface area contributed by atoms with Crippen LogP contribution in [0.4, 0.5) is 5.69 Å². The molecular weight excluding hydrogens is 402 g/mol. The molecule has 150 valence electrons. The molecule has 8 nitrogen and oxygen atoms in total. The highest BCUT2D eigenvalue weighted by Gasteiger charge is 2.28. The molecule has 0 radical (unpaired) electrons. The fraction of sp³-hybridized carbons (Fsp3) is 0.278. The van der Waals surface area contributed by atoms with E-state index in [1.54, 1.807) is 13.0 Å². The van der Waals surface area contributed by atoms with E-state index in [0.717, 1.165) is 12.8 Å². The van der Waals surface area contributed by atoms with Gasteiger partial charge in [0.25, 0.3) is 5.91 Å². The van der Waals surface area contributed by atoms with Crippen molar-refractivity contribution in [2.75, 3.05) is 12.4 Å². The highest BCUT2D eigenvalue weighted by atomic mass is 32.2. The van der Waals surface area contributed by atoms with Crippen molar-refractivity contribution in [2.24, 2.45) is 0 Å². The fourth-order valence-electron chi connectivity index (χ4n) is 2.62. The van der Waals surface area contributed by atoms with Crippen LogP contribution in [0, 0.1) is 6.92 Å². The number of amides is 1. The van der Waals surface area contributed by atoms with Crippen LogP contribution in [0.2, 0.25) is 0 Å². The molecule has 2 aromatic carbocycles. The number of nitrogens with one attached hydrogen (secondary N) is 3. The Kier molecular flexibility index (Phi) is 5.57. The van der Waals surface area contributed by atoms with Crippen molar-refractivity contribution >= 4 is 31.6 Å². The molecule has 0 heterocycles. The standard InChI is InChI=1S/C18H21N3O5S2/c1-12-11-15(7-10-17(12)28(25,26)19-2)20-18(22)13-3-8-16(9-4-13)27(23,24)21-14-5-6-14/h3-4,7-11,14,19,21H,5-6H2,1-2H3,(H,20,22). The lowest BCUT2D eigenvalue weighted by atomic mass is 10.2. The zero-order chi connectivity index (χ0) is 20.5. The molecule has 0 bridgehead atoms. The number of aryl methyl sites for hydroxylation is 1. The highest BCUT2D eigenvalue weighted by molar-refractivity contribution is 7.89. The fourth-order valence-corrected chi connectivity index (χ4v) is 4.87. The van der Waals surface area contributed by atoms with E-state index in [4.69, 9.17) is 0 Å². The van der Waals surface area contributed by atoms with Gasteiger partial charge in [0, 0.05) is 17.3 Å². The Hall–Kier alpha value is -2.27. The van der Waals surface area contributed by atoms with Gasteiger partial charge in [-0.3, -0.25) is 4.79 Å². The minimum Gasteiger partial charge on any atom is -0.322 e. The monoisotopic (exact) mass is 423 g/mol. The Morgan fingerprint density at radius 3 is 2.14 bits per heavy atom. The van der Waals surface area contributed by atoms with E-state index >= 15 is 0 Å². The number of carbonyl (C=O) groups is 1. The summed E-state index contributed by atoms with van der Waals surface area (Å²) in [5.74, 6) is -0.428. The molecule has 0 unspecified atom stereocenters. The lowest BCUT2D eigenvalue weighted by Crippen LogP contribution is -2.25. The number of benzene rings is 2. The minimum atomic E-state index is -3.57. The molecule has 3 N–H and O–H groups in total. The molecule has 0 saturated heterocycles. The van der Waals surface area contributed by atoms with Crippen molar-refractivity contribution in [3.63, 3.8) is 0 Å². The summed E-state index contributed by atoms with van der Waals surface area (Å²) in [6.07, 6.45) is 1.68. The number of anilines is 1. The third-order valence-electron chi connectivity index (χ3n) is 4.32. The normalized spacial score (nSPS) is 14.6. The molecule has 2 aromatic rings. The first kappa shape index (κ1) is 20.5. The first-order valence-electron chi connectivity index (χ1n) is 8.60. The van der Waals surface area contributed by atoms with Crippen molar-refractivity contribution in [2.45, 2.75) is 35.6 Å². The quantitative estimate of drug-likeness (QED) is 0.624. The second-order valence-corrected chi connectivity index (χ2v) is 10.1. The Labute approximate surface area is 164 Å². The van der Waals surface area contributed by atoms with Crippen molar-refractivity contribution < 1.29 is 21.6 Å². The molecule has 1 amide bonds. The van der Waals surface area contributed by atoms with E-state index < -0.39 is 26.0 Å². The molecule has 1 aliphatic carbocycles. The molecule has 1 fully saturated rings. The van der Waals surface area contributed by atoms with E-state index in [0.29, 0.717) is 11.3 Å². The van der Waals surface area contributed by atoms with E-state index in [9.17, 15) is 21.6 Å². The Morgan fingerprint density at radius 1 is 0.964 bits per heavy atom. The summed E-state index contributed by atoms with van der Waals surface area (Å²) in [5, 5.41) is 2.68. The van der Waals surface area contributed by atoms with Crippen LogP contribution in [0.1, 0.15) is 28.8 Å². The zero-order valence-corrected chi connectivity index (χ0v) is 17.0. The molecular formula is C18H21N3O5S2. The van der Waals surface area contributed by atoms with Crippen LogP contribution in [0.25, 0.3) is 0 Å². The molecule has 1 aliphatic rings. The maximum absolute atomic E-state index is 12.4. The Bertz CT molecular complexity index is 1110. The Balaban J connectivity index is 1.73. The van der Waals surface area contributed by atoms with Gasteiger partial charge in [-0.15, -0.1) is 0 Å². The van der Waals surface area contributed by atoms with Crippen molar-refractivity contribution in [3.8, 4) is 0 Å². The molecule has 3 rings (SSSR count). The summed E-state index contributed by atoms with van der Waals surface area (Å²) >= 11 is 0. The molecule has 0 spiro atoms. The van der Waals surface area contributed by atoms with Gasteiger partial charge in [0.05, 0.1) is 9.79 Å². The first-order chi connectivity index (χ1) is 13.1. The van der Waals surface area contributed by atoms with Crippen molar-refractivity contribution in [3.05, 3.63) is 53.6 Å². The predicted molar refractivity (Wildman–Crippen MR) is 105 cm³/mol. The van der Waals surface area contributed by atoms with E-state index in [2.05, 4.69) is 14.8 Å².